The van der Waals surface area contributed by atoms with Crippen LogP contribution in [0.5, 0.6) is 0 Å². The van der Waals surface area contributed by atoms with E-state index >= 15 is 0 Å². The minimum Gasteiger partial charge on any atom is 0 e. The fraction of sp³-hybridized carbons (Fsp3) is 0. The van der Waals surface area contributed by atoms with Gasteiger partial charge < -0.3 is 0 Å². The first kappa shape index (κ1) is 110. The molecule has 0 atom stereocenters. The van der Waals surface area contributed by atoms with Crippen molar-refractivity contribution in [2.24, 2.45) is 0 Å². The van der Waals surface area contributed by atoms with Crippen molar-refractivity contribution in [3.8, 4) is 47.4 Å². The van der Waals surface area contributed by atoms with Gasteiger partial charge in [0.2, 0.25) is 0 Å². The molecule has 0 aromatic heterocycles. The molecule has 0 heterocycles. The molecule has 67 heavy (non-hydrogen) atoms. The predicted octanol–water partition coefficient (Wildman–Crippen LogP) is 3.65. The summed E-state index contributed by atoms with van der Waals surface area (Å²) in [6, 6.07) is 0. The summed E-state index contributed by atoms with van der Waals surface area (Å²) in [6.07, 6.45) is 31.8. The Labute approximate surface area is 447 Å². The van der Waals surface area contributed by atoms with Gasteiger partial charge in [0, 0.05) is 85.3 Å². The molecule has 0 saturated heterocycles. The Bertz CT molecular complexity index is 1400. The van der Waals surface area contributed by atoms with E-state index in [-0.39, 0.29) is 85.3 Å². The van der Waals surface area contributed by atoms with E-state index in [1.807, 2.05) is 103 Å². The topological polar surface area (TPSA) is 298 Å². The van der Waals surface area contributed by atoms with Crippen LogP contribution in [0.15, 0.2) is 22.3 Å². The average molecular weight is 1100 g/mol. The van der Waals surface area contributed by atoms with Gasteiger partial charge in [-0.25, -0.2) is 0 Å². The second-order valence-electron chi connectivity index (χ2n) is 7.19. The van der Waals surface area contributed by atoms with Crippen molar-refractivity contribution in [1.82, 2.24) is 0 Å². The van der Waals surface area contributed by atoms with E-state index in [2.05, 4.69) is 147 Å². The van der Waals surface area contributed by atoms with Gasteiger partial charge in [-0.15, -0.1) is 0 Å². The van der Waals surface area contributed by atoms with Gasteiger partial charge in [-0.2, -0.15) is 0 Å². The number of allylic oxidation sites excluding steroid dienone is 4. The first-order valence-corrected chi connectivity index (χ1v) is 13.4. The molecule has 0 aliphatic heterocycles. The van der Waals surface area contributed by atoms with E-state index in [0.717, 1.165) is 46.0 Å². The molecule has 0 N–H and O–H groups in total. The average Bonchev–Trinajstić information content (AvgIpc) is 4.29. The van der Waals surface area contributed by atoms with Crippen LogP contribution in [-0.4, -0.2) is 0 Å². The number of rotatable bonds is 0. The molecule has 0 bridgehead atoms. The maximum Gasteiger partial charge on any atom is 0 e. The maximum absolute atomic E-state index is 7.50. The molecule has 5 aliphatic rings. The Hall–Kier alpha value is -3.58. The molecule has 330 valence electrons. The van der Waals surface area contributed by atoms with Gasteiger partial charge in [0.15, 0.2) is 0 Å². The third-order valence-electron chi connectivity index (χ3n) is 4.98. The van der Waals surface area contributed by atoms with Gasteiger partial charge in [-0.3, -0.25) is 0 Å². The van der Waals surface area contributed by atoms with Gasteiger partial charge in [0.05, 0.1) is 46.0 Å². The summed E-state index contributed by atoms with van der Waals surface area (Å²) in [5, 5.41) is 0. The standard InChI is InChI=1S/C32H16.15CO.Fe.4Mn/c1-2-10-25(9-1)17-21-29-30(22-18-26-11-3-4-12-26)32(24-20-28-15-7-8-16-28)31(29)23-19-27-13-5-6-14-27;15*1-2;;;;;/h1-16H;;;;;;;;;;;;;;;;;;;;. The molecule has 4 saturated carbocycles. The second kappa shape index (κ2) is 119. The van der Waals surface area contributed by atoms with Crippen LogP contribution in [0, 0.1) is 274 Å². The third kappa shape index (κ3) is 62.4. The molecule has 20 heteroatoms. The van der Waals surface area contributed by atoms with Crippen LogP contribution in [0.3, 0.4) is 0 Å². The minimum atomic E-state index is 0. The number of hydrogen-bond donors (Lipinski definition) is 0. The SMILES string of the molecule is C(#CC1=C(C#C[C]2[CH][CH][CH][CH]2)C(C#C[C]2[CH][CH][CH][CH]2)=C1C#C[C]1[CH][CH][CH][CH]1)[C]1[CH][CH][CH][CH]1.[C-]#[O+].[C-]#[O+].[C-]#[O+].[C-]#[O+].[C-]#[O+].[C-]#[O+].[C-]#[O+].[C-]#[O+].[C-]#[O+].[C-]#[O+].[C-]#[O+].[C-]#[O+].[C-]#[O+].[C-]#[O+].[C-]#[O+].[Fe].[Mn].[Mn].[Mn].[Mn]. The molecular formula is C47H16FeMn4O15. The van der Waals surface area contributed by atoms with Crippen molar-refractivity contribution in [3.05, 3.63) is 248 Å². The van der Waals surface area contributed by atoms with Crippen molar-refractivity contribution >= 4 is 0 Å². The fourth-order valence-electron chi connectivity index (χ4n) is 3.31. The Morgan fingerprint density at radius 3 is 0.373 bits per heavy atom. The molecule has 0 spiro atoms. The Morgan fingerprint density at radius 2 is 0.284 bits per heavy atom. The van der Waals surface area contributed by atoms with E-state index < -0.39 is 0 Å². The normalized spacial score (nSPS) is 12.0. The monoisotopic (exact) mass is 1100 g/mol. The van der Waals surface area contributed by atoms with E-state index in [9.17, 15) is 0 Å². The van der Waals surface area contributed by atoms with Crippen LogP contribution < -0.4 is 0 Å². The largest absolute Gasteiger partial charge is 0 e. The molecular weight excluding hydrogens is 1080 g/mol. The molecule has 0 amide bonds. The zero-order valence-electron chi connectivity index (χ0n) is 32.7. The molecule has 0 aromatic rings. The van der Waals surface area contributed by atoms with Gasteiger partial charge in [-0.05, 0) is 103 Å². The Kier molecular flexibility index (Phi) is 196. The summed E-state index contributed by atoms with van der Waals surface area (Å²) in [6.45, 7) is 67.5. The van der Waals surface area contributed by atoms with Crippen LogP contribution in [0.1, 0.15) is 0 Å². The van der Waals surface area contributed by atoms with Crippen molar-refractivity contribution in [3.63, 3.8) is 0 Å². The molecule has 24 radical (unpaired) electrons. The second-order valence-corrected chi connectivity index (χ2v) is 7.19. The van der Waals surface area contributed by atoms with Crippen LogP contribution >= 0.6 is 0 Å². The summed E-state index contributed by atoms with van der Waals surface area (Å²) in [5.74, 6) is 30.1. The van der Waals surface area contributed by atoms with Crippen LogP contribution in [-0.2, 0) is 155 Å². The predicted molar refractivity (Wildman–Crippen MR) is 186 cm³/mol. The summed E-state index contributed by atoms with van der Waals surface area (Å²) in [7, 11) is 0. The first-order chi connectivity index (χ1) is 30.9. The summed E-state index contributed by atoms with van der Waals surface area (Å²) in [5.41, 5.74) is 3.43. The van der Waals surface area contributed by atoms with Crippen LogP contribution in [0.2, 0.25) is 0 Å². The molecule has 5 aliphatic carbocycles. The minimum absolute atomic E-state index is 0. The van der Waals surface area contributed by atoms with E-state index in [0.29, 0.717) is 0 Å². The molecule has 4 fully saturated rings. The quantitative estimate of drug-likeness (QED) is 0.145. The van der Waals surface area contributed by atoms with Crippen molar-refractivity contribution in [2.75, 3.05) is 0 Å². The Balaban J connectivity index is -0.0000000459. The van der Waals surface area contributed by atoms with E-state index in [1.165, 1.54) is 0 Å². The van der Waals surface area contributed by atoms with Crippen molar-refractivity contribution in [1.29, 1.82) is 0 Å². The number of hydrogen-bond acceptors (Lipinski definition) is 0. The molecule has 0 aromatic carbocycles. The maximum atomic E-state index is 7.50. The first-order valence-electron chi connectivity index (χ1n) is 13.4. The smallest absolute Gasteiger partial charge is 0 e. The molecule has 15 nitrogen and oxygen atoms in total. The van der Waals surface area contributed by atoms with Crippen molar-refractivity contribution < 1.29 is 155 Å². The van der Waals surface area contributed by atoms with Gasteiger partial charge in [0.25, 0.3) is 0 Å². The summed E-state index contributed by atoms with van der Waals surface area (Å²) in [4.78, 5) is 0. The zero-order valence-corrected chi connectivity index (χ0v) is 38.6. The van der Waals surface area contributed by atoms with Gasteiger partial charge >= 0.3 is 170 Å². The third-order valence-corrected chi connectivity index (χ3v) is 4.98. The zero-order chi connectivity index (χ0) is 51.6. The summed E-state index contributed by atoms with van der Waals surface area (Å²) < 4.78 is 112. The van der Waals surface area contributed by atoms with E-state index in [4.69, 9.17) is 69.8 Å². The molecule has 5 rings (SSSR count). The van der Waals surface area contributed by atoms with Gasteiger partial charge in [-0.1, -0.05) is 47.4 Å². The Morgan fingerprint density at radius 1 is 0.194 bits per heavy atom. The van der Waals surface area contributed by atoms with E-state index in [1.54, 1.807) is 0 Å². The fourth-order valence-corrected chi connectivity index (χ4v) is 3.31. The summed E-state index contributed by atoms with van der Waals surface area (Å²) >= 11 is 0. The van der Waals surface area contributed by atoms with Crippen LogP contribution in [0.25, 0.3) is 0 Å². The molecule has 0 unspecified atom stereocenters. The van der Waals surface area contributed by atoms with Crippen molar-refractivity contribution in [2.45, 2.75) is 0 Å². The van der Waals surface area contributed by atoms with Gasteiger partial charge in [0.1, 0.15) is 0 Å². The van der Waals surface area contributed by atoms with Crippen LogP contribution in [0.4, 0.5) is 0 Å².